The first-order chi connectivity index (χ1) is 3.86. The molecule has 2 aliphatic rings. The van der Waals surface area contributed by atoms with Crippen LogP contribution in [0.2, 0.25) is 0 Å². The summed E-state index contributed by atoms with van der Waals surface area (Å²) in [4.78, 5) is 0. The smallest absolute Gasteiger partial charge is 0.106 e. The lowest BCUT2D eigenvalue weighted by Crippen LogP contribution is -2.30. The van der Waals surface area contributed by atoms with Crippen molar-refractivity contribution in [2.45, 2.75) is 25.1 Å². The molecule has 1 heterocycles. The van der Waals surface area contributed by atoms with E-state index in [1.807, 2.05) is 0 Å². The average molecular weight is 115 g/mol. The quantitative estimate of drug-likeness (QED) is 0.490. The molecule has 1 saturated heterocycles. The van der Waals surface area contributed by atoms with Crippen molar-refractivity contribution in [1.82, 2.24) is 5.32 Å². The lowest BCUT2D eigenvalue weighted by atomic mass is 10.1. The average Bonchev–Trinajstić information content (AvgIpc) is 2.23. The van der Waals surface area contributed by atoms with Crippen LogP contribution in [0.3, 0.4) is 0 Å². The Labute approximate surface area is 48.3 Å². The molecule has 2 bridgehead atoms. The minimum atomic E-state index is -0.485. The predicted octanol–water partition coefficient (Wildman–Crippen LogP) is 0.706. The number of halogens is 1. The van der Waals surface area contributed by atoms with Crippen molar-refractivity contribution in [3.63, 3.8) is 0 Å². The van der Waals surface area contributed by atoms with E-state index in [2.05, 4.69) is 5.32 Å². The zero-order valence-electron chi connectivity index (χ0n) is 4.73. The van der Waals surface area contributed by atoms with Crippen molar-refractivity contribution < 1.29 is 4.39 Å². The van der Waals surface area contributed by atoms with Crippen LogP contribution in [0.15, 0.2) is 0 Å². The third-order valence-electron chi connectivity index (χ3n) is 2.28. The molecule has 1 saturated carbocycles. The van der Waals surface area contributed by atoms with E-state index >= 15 is 0 Å². The summed E-state index contributed by atoms with van der Waals surface area (Å²) < 4.78 is 12.6. The highest BCUT2D eigenvalue weighted by molar-refractivity contribution is 4.95. The number of hydrogen-bond acceptors (Lipinski definition) is 1. The number of nitrogens with one attached hydrogen (secondary N) is 1. The highest BCUT2D eigenvalue weighted by Crippen LogP contribution is 2.32. The van der Waals surface area contributed by atoms with Gasteiger partial charge in [-0.05, 0) is 12.8 Å². The van der Waals surface area contributed by atoms with Gasteiger partial charge in [-0.3, -0.25) is 0 Å². The maximum Gasteiger partial charge on any atom is 0.106 e. The molecule has 1 nitrogen and oxygen atoms in total. The Hall–Kier alpha value is -0.110. The zero-order chi connectivity index (χ0) is 5.56. The molecule has 46 valence electrons. The highest BCUT2D eigenvalue weighted by atomic mass is 19.1. The molecule has 2 fully saturated rings. The van der Waals surface area contributed by atoms with Gasteiger partial charge in [0.2, 0.25) is 0 Å². The number of hydrogen-bond donors (Lipinski definition) is 1. The van der Waals surface area contributed by atoms with Crippen LogP contribution >= 0.6 is 0 Å². The molecule has 3 atom stereocenters. The Morgan fingerprint density at radius 2 is 2.25 bits per heavy atom. The van der Waals surface area contributed by atoms with Crippen molar-refractivity contribution in [2.24, 2.45) is 5.92 Å². The van der Waals surface area contributed by atoms with Crippen LogP contribution in [0.4, 0.5) is 4.39 Å². The third-order valence-corrected chi connectivity index (χ3v) is 2.28. The van der Waals surface area contributed by atoms with Crippen LogP contribution in [0, 0.1) is 5.92 Å². The minimum absolute atomic E-state index is 0.361. The fourth-order valence-electron chi connectivity index (χ4n) is 1.77. The van der Waals surface area contributed by atoms with Gasteiger partial charge >= 0.3 is 0 Å². The maximum atomic E-state index is 12.6. The van der Waals surface area contributed by atoms with Gasteiger partial charge < -0.3 is 5.32 Å². The summed E-state index contributed by atoms with van der Waals surface area (Å²) in [6.07, 6.45) is 1.37. The van der Waals surface area contributed by atoms with Crippen molar-refractivity contribution >= 4 is 0 Å². The molecule has 0 aromatic carbocycles. The molecular weight excluding hydrogens is 105 g/mol. The van der Waals surface area contributed by atoms with E-state index in [1.165, 1.54) is 0 Å². The Balaban J connectivity index is 2.11. The Morgan fingerprint density at radius 3 is 2.50 bits per heavy atom. The van der Waals surface area contributed by atoms with Gasteiger partial charge in [-0.1, -0.05) is 0 Å². The first-order valence-electron chi connectivity index (χ1n) is 3.24. The summed E-state index contributed by atoms with van der Waals surface area (Å²) in [5.74, 6) is 0.361. The summed E-state index contributed by atoms with van der Waals surface area (Å²) in [7, 11) is 0. The molecule has 8 heavy (non-hydrogen) atoms. The van der Waals surface area contributed by atoms with E-state index in [1.54, 1.807) is 0 Å². The highest BCUT2D eigenvalue weighted by Gasteiger charge is 2.39. The Kier molecular flexibility index (Phi) is 0.852. The summed E-state index contributed by atoms with van der Waals surface area (Å²) in [5, 5.41) is 3.25. The SMILES string of the molecule is F[C@@H]1CC2CC1CN2. The number of alkyl halides is 1. The molecule has 1 N–H and O–H groups in total. The first kappa shape index (κ1) is 4.74. The number of rotatable bonds is 0. The van der Waals surface area contributed by atoms with Crippen molar-refractivity contribution in [1.29, 1.82) is 0 Å². The van der Waals surface area contributed by atoms with Crippen molar-refractivity contribution in [2.75, 3.05) is 6.54 Å². The van der Waals surface area contributed by atoms with Crippen molar-refractivity contribution in [3.8, 4) is 0 Å². The second-order valence-corrected chi connectivity index (χ2v) is 2.85. The van der Waals surface area contributed by atoms with Gasteiger partial charge in [-0.15, -0.1) is 0 Å². The topological polar surface area (TPSA) is 12.0 Å². The van der Waals surface area contributed by atoms with Gasteiger partial charge in [0.05, 0.1) is 0 Å². The molecule has 0 spiro atoms. The van der Waals surface area contributed by atoms with E-state index in [0.29, 0.717) is 12.0 Å². The molecule has 1 aliphatic carbocycles. The maximum absolute atomic E-state index is 12.6. The largest absolute Gasteiger partial charge is 0.313 e. The van der Waals surface area contributed by atoms with E-state index < -0.39 is 6.17 Å². The second kappa shape index (κ2) is 1.44. The second-order valence-electron chi connectivity index (χ2n) is 2.85. The van der Waals surface area contributed by atoms with Gasteiger partial charge in [0, 0.05) is 18.5 Å². The molecule has 2 rings (SSSR count). The lowest BCUT2D eigenvalue weighted by Gasteiger charge is -2.13. The van der Waals surface area contributed by atoms with Gasteiger partial charge in [-0.25, -0.2) is 4.39 Å². The van der Waals surface area contributed by atoms with Crippen LogP contribution in [0.25, 0.3) is 0 Å². The zero-order valence-corrected chi connectivity index (χ0v) is 4.73. The summed E-state index contributed by atoms with van der Waals surface area (Å²) in [5.41, 5.74) is 0. The van der Waals surface area contributed by atoms with E-state index in [-0.39, 0.29) is 0 Å². The minimum Gasteiger partial charge on any atom is -0.313 e. The Bertz CT molecular complexity index is 103. The van der Waals surface area contributed by atoms with E-state index in [9.17, 15) is 4.39 Å². The molecule has 2 unspecified atom stereocenters. The van der Waals surface area contributed by atoms with Crippen LogP contribution in [0.5, 0.6) is 0 Å². The van der Waals surface area contributed by atoms with Gasteiger partial charge in [-0.2, -0.15) is 0 Å². The molecule has 0 amide bonds. The van der Waals surface area contributed by atoms with Crippen LogP contribution in [-0.2, 0) is 0 Å². The van der Waals surface area contributed by atoms with Crippen LogP contribution < -0.4 is 5.32 Å². The summed E-state index contributed by atoms with van der Waals surface area (Å²) in [6.45, 7) is 0.922. The fraction of sp³-hybridized carbons (Fsp3) is 1.00. The van der Waals surface area contributed by atoms with E-state index in [4.69, 9.17) is 0 Å². The van der Waals surface area contributed by atoms with E-state index in [0.717, 1.165) is 19.4 Å². The molecule has 1 aliphatic heterocycles. The Morgan fingerprint density at radius 1 is 1.38 bits per heavy atom. The molecular formula is C6H10FN. The van der Waals surface area contributed by atoms with Gasteiger partial charge in [0.25, 0.3) is 0 Å². The summed E-state index contributed by atoms with van der Waals surface area (Å²) in [6, 6.07) is 0.523. The predicted molar refractivity (Wildman–Crippen MR) is 29.4 cm³/mol. The summed E-state index contributed by atoms with van der Waals surface area (Å²) >= 11 is 0. The van der Waals surface area contributed by atoms with Gasteiger partial charge in [0.15, 0.2) is 0 Å². The molecule has 2 heteroatoms. The lowest BCUT2D eigenvalue weighted by molar-refractivity contribution is 0.242. The van der Waals surface area contributed by atoms with Crippen LogP contribution in [-0.4, -0.2) is 18.8 Å². The van der Waals surface area contributed by atoms with Gasteiger partial charge in [0.1, 0.15) is 6.17 Å². The van der Waals surface area contributed by atoms with Crippen molar-refractivity contribution in [3.05, 3.63) is 0 Å². The number of fused-ring (bicyclic) bond motifs is 2. The monoisotopic (exact) mass is 115 g/mol. The third kappa shape index (κ3) is 0.494. The standard InChI is InChI=1S/C6H10FN/c7-6-2-5-1-4(6)3-8-5/h4-6,8H,1-3H2/t4?,5?,6-/m1/s1. The molecule has 0 aromatic rings. The van der Waals surface area contributed by atoms with Crippen LogP contribution in [0.1, 0.15) is 12.8 Å². The fourth-order valence-corrected chi connectivity index (χ4v) is 1.77. The number of piperidine rings is 1. The first-order valence-corrected chi connectivity index (χ1v) is 3.24. The normalized spacial score (nSPS) is 52.9. The molecule has 0 radical (unpaired) electrons. The molecule has 0 aromatic heterocycles.